The molecule has 0 aromatic heterocycles. The number of carbonyl (C=O) groups excluding carboxylic acids is 2. The topological polar surface area (TPSA) is 60.2 Å². The number of Topliss-reactive ketones (excluding diaryl/α,β-unsaturated/α-hetero) is 2. The van der Waals surface area contributed by atoms with Gasteiger partial charge in [-0.15, -0.1) is 0 Å². The van der Waals surface area contributed by atoms with Crippen LogP contribution in [0.4, 0.5) is 0 Å². The first kappa shape index (κ1) is 9.39. The van der Waals surface area contributed by atoms with Gasteiger partial charge in [0.2, 0.25) is 5.78 Å². The van der Waals surface area contributed by atoms with E-state index in [1.54, 1.807) is 6.92 Å². The van der Waals surface area contributed by atoms with Crippen molar-refractivity contribution in [3.05, 3.63) is 0 Å². The molecular formula is C9H15NO2. The summed E-state index contributed by atoms with van der Waals surface area (Å²) in [5, 5.41) is 0. The van der Waals surface area contributed by atoms with Gasteiger partial charge in [0.1, 0.15) is 0 Å². The lowest BCUT2D eigenvalue weighted by molar-refractivity contribution is -0.144. The second-order valence-corrected chi connectivity index (χ2v) is 4.27. The third kappa shape index (κ3) is 1.29. The fourth-order valence-electron chi connectivity index (χ4n) is 1.71. The zero-order valence-corrected chi connectivity index (χ0v) is 7.76. The predicted molar refractivity (Wildman–Crippen MR) is 45.6 cm³/mol. The van der Waals surface area contributed by atoms with Crippen LogP contribution in [0, 0.1) is 11.3 Å². The van der Waals surface area contributed by atoms with E-state index in [4.69, 9.17) is 5.73 Å². The molecule has 0 aliphatic heterocycles. The average molecular weight is 169 g/mol. The number of hydrogen-bond acceptors (Lipinski definition) is 3. The van der Waals surface area contributed by atoms with Gasteiger partial charge in [-0.05, 0) is 5.41 Å². The van der Waals surface area contributed by atoms with Gasteiger partial charge in [0.25, 0.3) is 0 Å². The lowest BCUT2D eigenvalue weighted by atomic mass is 9.68. The fourth-order valence-corrected chi connectivity index (χ4v) is 1.71. The molecule has 0 heterocycles. The van der Waals surface area contributed by atoms with Gasteiger partial charge in [-0.2, -0.15) is 0 Å². The van der Waals surface area contributed by atoms with Gasteiger partial charge in [0, 0.05) is 18.4 Å². The summed E-state index contributed by atoms with van der Waals surface area (Å²) in [6, 6.07) is -0.192. The second kappa shape index (κ2) is 2.66. The van der Waals surface area contributed by atoms with E-state index in [1.807, 2.05) is 13.8 Å². The predicted octanol–water partition coefficient (Wildman–Crippen LogP) is 0.518. The highest BCUT2D eigenvalue weighted by molar-refractivity contribution is 6.38. The van der Waals surface area contributed by atoms with E-state index >= 15 is 0 Å². The largest absolute Gasteiger partial charge is 0.327 e. The number of carbonyl (C=O) groups is 2. The molecule has 0 aromatic rings. The molecule has 2 atom stereocenters. The van der Waals surface area contributed by atoms with Gasteiger partial charge in [-0.1, -0.05) is 20.8 Å². The van der Waals surface area contributed by atoms with Crippen LogP contribution in [-0.2, 0) is 9.59 Å². The standard InChI is InChI=1S/C9H15NO2/c1-5-7(12)6(11)4-9(2,3)8(5)10/h5,8H,4,10H2,1-3H3. The van der Waals surface area contributed by atoms with Crippen LogP contribution in [0.25, 0.3) is 0 Å². The molecular weight excluding hydrogens is 154 g/mol. The maximum absolute atomic E-state index is 11.2. The van der Waals surface area contributed by atoms with Crippen LogP contribution in [-0.4, -0.2) is 17.6 Å². The van der Waals surface area contributed by atoms with Crippen molar-refractivity contribution >= 4 is 11.6 Å². The molecule has 0 saturated heterocycles. The Bertz CT molecular complexity index is 233. The highest BCUT2D eigenvalue weighted by Gasteiger charge is 2.43. The van der Waals surface area contributed by atoms with E-state index in [-0.39, 0.29) is 35.4 Å². The molecule has 0 spiro atoms. The zero-order valence-electron chi connectivity index (χ0n) is 7.76. The van der Waals surface area contributed by atoms with Crippen LogP contribution < -0.4 is 5.73 Å². The van der Waals surface area contributed by atoms with Crippen molar-refractivity contribution in [3.8, 4) is 0 Å². The molecule has 0 bridgehead atoms. The number of ketones is 2. The minimum absolute atomic E-state index is 0.192. The molecule has 1 saturated carbocycles. The Morgan fingerprint density at radius 2 is 1.92 bits per heavy atom. The first-order valence-electron chi connectivity index (χ1n) is 4.19. The molecule has 68 valence electrons. The van der Waals surface area contributed by atoms with E-state index in [1.165, 1.54) is 0 Å². The van der Waals surface area contributed by atoms with Crippen molar-refractivity contribution in [3.63, 3.8) is 0 Å². The highest BCUT2D eigenvalue weighted by atomic mass is 16.2. The fraction of sp³-hybridized carbons (Fsp3) is 0.778. The molecule has 1 fully saturated rings. The van der Waals surface area contributed by atoms with Gasteiger partial charge >= 0.3 is 0 Å². The molecule has 12 heavy (non-hydrogen) atoms. The lowest BCUT2D eigenvalue weighted by Gasteiger charge is -2.38. The Labute approximate surface area is 72.3 Å². The van der Waals surface area contributed by atoms with E-state index in [0.29, 0.717) is 0 Å². The highest BCUT2D eigenvalue weighted by Crippen LogP contribution is 2.33. The van der Waals surface area contributed by atoms with Crippen molar-refractivity contribution in [2.24, 2.45) is 17.1 Å². The lowest BCUT2D eigenvalue weighted by Crippen LogP contribution is -2.52. The normalized spacial score (nSPS) is 35.3. The van der Waals surface area contributed by atoms with Crippen molar-refractivity contribution in [1.82, 2.24) is 0 Å². The first-order chi connectivity index (χ1) is 5.36. The Hall–Kier alpha value is -0.700. The van der Waals surface area contributed by atoms with E-state index in [2.05, 4.69) is 0 Å². The summed E-state index contributed by atoms with van der Waals surface area (Å²) in [6.45, 7) is 5.59. The molecule has 2 N–H and O–H groups in total. The van der Waals surface area contributed by atoms with E-state index < -0.39 is 0 Å². The van der Waals surface area contributed by atoms with Crippen molar-refractivity contribution in [1.29, 1.82) is 0 Å². The van der Waals surface area contributed by atoms with Gasteiger partial charge in [-0.3, -0.25) is 9.59 Å². The maximum atomic E-state index is 11.2. The van der Waals surface area contributed by atoms with Crippen LogP contribution in [0.1, 0.15) is 27.2 Å². The summed E-state index contributed by atoms with van der Waals surface area (Å²) < 4.78 is 0. The number of rotatable bonds is 0. The van der Waals surface area contributed by atoms with Gasteiger partial charge in [0.15, 0.2) is 5.78 Å². The summed E-state index contributed by atoms with van der Waals surface area (Å²) in [5.41, 5.74) is 5.60. The summed E-state index contributed by atoms with van der Waals surface area (Å²) >= 11 is 0. The smallest absolute Gasteiger partial charge is 0.202 e. The molecule has 1 rings (SSSR count). The molecule has 1 aliphatic rings. The van der Waals surface area contributed by atoms with Gasteiger partial charge < -0.3 is 5.73 Å². The Morgan fingerprint density at radius 1 is 1.42 bits per heavy atom. The number of nitrogens with two attached hydrogens (primary N) is 1. The quantitative estimate of drug-likeness (QED) is 0.538. The summed E-state index contributed by atoms with van der Waals surface area (Å²) in [6.07, 6.45) is 0.289. The number of hydrogen-bond donors (Lipinski definition) is 1. The molecule has 0 radical (unpaired) electrons. The monoisotopic (exact) mass is 169 g/mol. The minimum Gasteiger partial charge on any atom is -0.327 e. The third-order valence-electron chi connectivity index (χ3n) is 2.75. The van der Waals surface area contributed by atoms with Crippen molar-refractivity contribution in [2.45, 2.75) is 33.2 Å². The zero-order chi connectivity index (χ0) is 9.52. The van der Waals surface area contributed by atoms with E-state index in [9.17, 15) is 9.59 Å². The second-order valence-electron chi connectivity index (χ2n) is 4.27. The van der Waals surface area contributed by atoms with Crippen LogP contribution in [0.2, 0.25) is 0 Å². The third-order valence-corrected chi connectivity index (χ3v) is 2.75. The molecule has 1 aliphatic carbocycles. The van der Waals surface area contributed by atoms with E-state index in [0.717, 1.165) is 0 Å². The van der Waals surface area contributed by atoms with Gasteiger partial charge in [-0.25, -0.2) is 0 Å². The SMILES string of the molecule is CC1C(=O)C(=O)CC(C)(C)C1N. The van der Waals surface area contributed by atoms with Crippen LogP contribution >= 0.6 is 0 Å². The summed E-state index contributed by atoms with van der Waals surface area (Å²) in [5.74, 6) is -0.891. The van der Waals surface area contributed by atoms with Crippen LogP contribution in [0.15, 0.2) is 0 Å². The van der Waals surface area contributed by atoms with Crippen molar-refractivity contribution in [2.75, 3.05) is 0 Å². The Kier molecular flexibility index (Phi) is 2.08. The Morgan fingerprint density at radius 3 is 2.42 bits per heavy atom. The van der Waals surface area contributed by atoms with Crippen LogP contribution in [0.3, 0.4) is 0 Å². The minimum atomic E-state index is -0.318. The van der Waals surface area contributed by atoms with Gasteiger partial charge in [0.05, 0.1) is 0 Å². The van der Waals surface area contributed by atoms with Crippen LogP contribution in [0.5, 0.6) is 0 Å². The summed E-state index contributed by atoms with van der Waals surface area (Å²) in [4.78, 5) is 22.4. The summed E-state index contributed by atoms with van der Waals surface area (Å²) in [7, 11) is 0. The maximum Gasteiger partial charge on any atom is 0.202 e. The average Bonchev–Trinajstić information content (AvgIpc) is 1.97. The first-order valence-corrected chi connectivity index (χ1v) is 4.19. The molecule has 0 aromatic carbocycles. The van der Waals surface area contributed by atoms with Crippen molar-refractivity contribution < 1.29 is 9.59 Å². The molecule has 0 amide bonds. The molecule has 3 nitrogen and oxygen atoms in total. The molecule has 2 unspecified atom stereocenters. The molecule has 3 heteroatoms. The Balaban J connectivity index is 2.93.